The van der Waals surface area contributed by atoms with E-state index in [0.717, 1.165) is 37.0 Å². The molecular weight excluding hydrogens is 250 g/mol. The lowest BCUT2D eigenvalue weighted by Crippen LogP contribution is -2.30. The molecule has 1 N–H and O–H groups in total. The summed E-state index contributed by atoms with van der Waals surface area (Å²) in [4.78, 5) is 12.3. The molecule has 1 aliphatic carbocycles. The minimum atomic E-state index is -0.236. The van der Waals surface area contributed by atoms with Crippen molar-refractivity contribution in [3.8, 4) is 11.3 Å². The summed E-state index contributed by atoms with van der Waals surface area (Å²) in [6, 6.07) is 13.6. The van der Waals surface area contributed by atoms with E-state index in [1.165, 1.54) is 0 Å². The molecule has 0 spiro atoms. The van der Waals surface area contributed by atoms with Gasteiger partial charge in [0.25, 0.3) is 0 Å². The molecule has 0 atom stereocenters. The van der Waals surface area contributed by atoms with Crippen LogP contribution in [0.15, 0.2) is 46.9 Å². The second-order valence-electron chi connectivity index (χ2n) is 5.75. The normalized spacial score (nSPS) is 17.1. The second kappa shape index (κ2) is 5.16. The Balaban J connectivity index is 1.73. The van der Waals surface area contributed by atoms with Crippen molar-refractivity contribution in [1.82, 2.24) is 0 Å². The molecule has 2 aromatic rings. The summed E-state index contributed by atoms with van der Waals surface area (Å²) >= 11 is 0. The minimum absolute atomic E-state index is 0.0731. The Bertz CT molecular complexity index is 594. The highest BCUT2D eigenvalue weighted by molar-refractivity contribution is 5.94. The van der Waals surface area contributed by atoms with Crippen LogP contribution in [0.4, 0.5) is 5.88 Å². The lowest BCUT2D eigenvalue weighted by Gasteiger charge is -2.21. The fraction of sp³-hybridized carbons (Fsp3) is 0.353. The van der Waals surface area contributed by atoms with E-state index in [2.05, 4.69) is 5.32 Å². The zero-order valence-electron chi connectivity index (χ0n) is 11.7. The van der Waals surface area contributed by atoms with Crippen molar-refractivity contribution in [2.75, 3.05) is 5.32 Å². The van der Waals surface area contributed by atoms with E-state index < -0.39 is 0 Å². The van der Waals surface area contributed by atoms with E-state index in [1.807, 2.05) is 49.4 Å². The summed E-state index contributed by atoms with van der Waals surface area (Å²) in [5.41, 5.74) is 0.778. The standard InChI is InChI=1S/C17H19NO2/c1-17(11-5-6-12-17)16(19)18-15-10-9-14(20-15)13-7-3-2-4-8-13/h2-4,7-10H,5-6,11-12H2,1H3,(H,18,19). The van der Waals surface area contributed by atoms with Gasteiger partial charge in [0.15, 0.2) is 5.88 Å². The van der Waals surface area contributed by atoms with Gasteiger partial charge in [-0.3, -0.25) is 10.1 Å². The number of hydrogen-bond acceptors (Lipinski definition) is 2. The predicted molar refractivity (Wildman–Crippen MR) is 79.3 cm³/mol. The molecule has 104 valence electrons. The molecule has 0 saturated heterocycles. The third-order valence-corrected chi connectivity index (χ3v) is 4.16. The lowest BCUT2D eigenvalue weighted by molar-refractivity contribution is -0.124. The first-order valence-electron chi connectivity index (χ1n) is 7.14. The predicted octanol–water partition coefficient (Wildman–Crippen LogP) is 4.47. The maximum atomic E-state index is 12.3. The quantitative estimate of drug-likeness (QED) is 0.893. The molecule has 1 aliphatic rings. The number of hydrogen-bond donors (Lipinski definition) is 1. The molecule has 3 nitrogen and oxygen atoms in total. The number of benzene rings is 1. The Kier molecular flexibility index (Phi) is 3.35. The molecule has 0 radical (unpaired) electrons. The van der Waals surface area contributed by atoms with Gasteiger partial charge < -0.3 is 4.42 Å². The van der Waals surface area contributed by atoms with Gasteiger partial charge in [-0.25, -0.2) is 0 Å². The Morgan fingerprint density at radius 1 is 1.10 bits per heavy atom. The summed E-state index contributed by atoms with van der Waals surface area (Å²) in [6.45, 7) is 2.04. The van der Waals surface area contributed by atoms with Gasteiger partial charge in [0, 0.05) is 17.0 Å². The fourth-order valence-electron chi connectivity index (χ4n) is 2.81. The Labute approximate surface area is 119 Å². The largest absolute Gasteiger partial charge is 0.440 e. The number of amides is 1. The highest BCUT2D eigenvalue weighted by Gasteiger charge is 2.36. The maximum absolute atomic E-state index is 12.3. The molecule has 1 saturated carbocycles. The smallest absolute Gasteiger partial charge is 0.232 e. The summed E-state index contributed by atoms with van der Waals surface area (Å²) in [6.07, 6.45) is 4.20. The molecule has 3 rings (SSSR count). The van der Waals surface area contributed by atoms with Crippen molar-refractivity contribution in [3.05, 3.63) is 42.5 Å². The molecule has 20 heavy (non-hydrogen) atoms. The van der Waals surface area contributed by atoms with Crippen LogP contribution in [-0.2, 0) is 4.79 Å². The van der Waals surface area contributed by atoms with Crippen LogP contribution in [0.1, 0.15) is 32.6 Å². The van der Waals surface area contributed by atoms with Crippen LogP contribution in [-0.4, -0.2) is 5.91 Å². The van der Waals surface area contributed by atoms with Crippen LogP contribution in [0.5, 0.6) is 0 Å². The zero-order valence-corrected chi connectivity index (χ0v) is 11.7. The minimum Gasteiger partial charge on any atom is -0.440 e. The van der Waals surface area contributed by atoms with Crippen molar-refractivity contribution in [2.24, 2.45) is 5.41 Å². The van der Waals surface area contributed by atoms with Crippen LogP contribution in [0.25, 0.3) is 11.3 Å². The van der Waals surface area contributed by atoms with Crippen molar-refractivity contribution in [1.29, 1.82) is 0 Å². The number of anilines is 1. The third kappa shape index (κ3) is 2.48. The van der Waals surface area contributed by atoms with Gasteiger partial charge in [0.2, 0.25) is 5.91 Å². The molecule has 1 aromatic heterocycles. The van der Waals surface area contributed by atoms with Gasteiger partial charge in [-0.1, -0.05) is 50.1 Å². The lowest BCUT2D eigenvalue weighted by atomic mass is 9.88. The van der Waals surface area contributed by atoms with E-state index in [9.17, 15) is 4.79 Å². The Morgan fingerprint density at radius 2 is 1.80 bits per heavy atom. The molecule has 0 unspecified atom stereocenters. The average Bonchev–Trinajstić information content (AvgIpc) is 3.10. The topological polar surface area (TPSA) is 42.2 Å². The first kappa shape index (κ1) is 13.0. The maximum Gasteiger partial charge on any atom is 0.232 e. The van der Waals surface area contributed by atoms with Gasteiger partial charge in [0.05, 0.1) is 0 Å². The molecule has 1 fully saturated rings. The van der Waals surface area contributed by atoms with Gasteiger partial charge in [-0.2, -0.15) is 0 Å². The summed E-state index contributed by atoms with van der Waals surface area (Å²) in [5, 5.41) is 2.91. The first-order chi connectivity index (χ1) is 9.67. The summed E-state index contributed by atoms with van der Waals surface area (Å²) in [5.74, 6) is 1.38. The van der Waals surface area contributed by atoms with Crippen LogP contribution in [0.3, 0.4) is 0 Å². The van der Waals surface area contributed by atoms with Crippen molar-refractivity contribution >= 4 is 11.8 Å². The van der Waals surface area contributed by atoms with Gasteiger partial charge in [0.1, 0.15) is 5.76 Å². The van der Waals surface area contributed by atoms with E-state index in [-0.39, 0.29) is 11.3 Å². The third-order valence-electron chi connectivity index (χ3n) is 4.16. The van der Waals surface area contributed by atoms with Gasteiger partial charge >= 0.3 is 0 Å². The molecule has 1 aromatic carbocycles. The van der Waals surface area contributed by atoms with Gasteiger partial charge in [-0.15, -0.1) is 0 Å². The number of rotatable bonds is 3. The zero-order chi connectivity index (χ0) is 14.0. The van der Waals surface area contributed by atoms with Gasteiger partial charge in [-0.05, 0) is 18.9 Å². The number of carbonyl (C=O) groups is 1. The Hall–Kier alpha value is -2.03. The highest BCUT2D eigenvalue weighted by Crippen LogP contribution is 2.38. The summed E-state index contributed by atoms with van der Waals surface area (Å²) < 4.78 is 5.71. The van der Waals surface area contributed by atoms with Crippen molar-refractivity contribution in [2.45, 2.75) is 32.6 Å². The van der Waals surface area contributed by atoms with Crippen LogP contribution >= 0.6 is 0 Å². The highest BCUT2D eigenvalue weighted by atomic mass is 16.4. The second-order valence-corrected chi connectivity index (χ2v) is 5.75. The molecule has 0 aliphatic heterocycles. The number of furan rings is 1. The number of carbonyl (C=O) groups excluding carboxylic acids is 1. The molecule has 1 amide bonds. The van der Waals surface area contributed by atoms with Crippen LogP contribution in [0, 0.1) is 5.41 Å². The van der Waals surface area contributed by atoms with E-state index >= 15 is 0 Å². The van der Waals surface area contributed by atoms with Crippen molar-refractivity contribution in [3.63, 3.8) is 0 Å². The van der Waals surface area contributed by atoms with E-state index in [1.54, 1.807) is 0 Å². The number of nitrogens with one attached hydrogen (secondary N) is 1. The monoisotopic (exact) mass is 269 g/mol. The van der Waals surface area contributed by atoms with Crippen molar-refractivity contribution < 1.29 is 9.21 Å². The SMILES string of the molecule is CC1(C(=O)Nc2ccc(-c3ccccc3)o2)CCCC1. The molecular formula is C17H19NO2. The molecule has 0 bridgehead atoms. The summed E-state index contributed by atoms with van der Waals surface area (Å²) in [7, 11) is 0. The first-order valence-corrected chi connectivity index (χ1v) is 7.14. The van der Waals surface area contributed by atoms with E-state index in [4.69, 9.17) is 4.42 Å². The molecule has 3 heteroatoms. The van der Waals surface area contributed by atoms with Crippen LogP contribution in [0.2, 0.25) is 0 Å². The van der Waals surface area contributed by atoms with E-state index in [0.29, 0.717) is 5.88 Å². The average molecular weight is 269 g/mol. The van der Waals surface area contributed by atoms with Crippen LogP contribution < -0.4 is 5.32 Å². The fourth-order valence-corrected chi connectivity index (χ4v) is 2.81. The Morgan fingerprint density at radius 3 is 2.50 bits per heavy atom. The molecule has 1 heterocycles.